The molecule has 0 aliphatic carbocycles. The van der Waals surface area contributed by atoms with Crippen LogP contribution in [0.2, 0.25) is 0 Å². The summed E-state index contributed by atoms with van der Waals surface area (Å²) in [5.74, 6) is 3.92. The molecule has 2 atom stereocenters. The van der Waals surface area contributed by atoms with Crippen LogP contribution in [0.1, 0.15) is 46.0 Å². The lowest BCUT2D eigenvalue weighted by atomic mass is 9.92. The predicted octanol–water partition coefficient (Wildman–Crippen LogP) is 3.27. The Bertz CT molecular complexity index is 655. The molecule has 1 aromatic rings. The van der Waals surface area contributed by atoms with Gasteiger partial charge >= 0.3 is 0 Å². The van der Waals surface area contributed by atoms with E-state index >= 15 is 0 Å². The van der Waals surface area contributed by atoms with Crippen LogP contribution in [0.4, 0.5) is 17.6 Å². The van der Waals surface area contributed by atoms with Gasteiger partial charge in [0, 0.05) is 45.9 Å². The van der Waals surface area contributed by atoms with Gasteiger partial charge in [0.05, 0.1) is 6.61 Å². The van der Waals surface area contributed by atoms with Gasteiger partial charge in [0.15, 0.2) is 5.11 Å². The van der Waals surface area contributed by atoms with Crippen LogP contribution in [0.15, 0.2) is 6.07 Å². The Labute approximate surface area is 180 Å². The lowest BCUT2D eigenvalue weighted by Crippen LogP contribution is -2.39. The topological polar surface area (TPSA) is 65.6 Å². The average molecular weight is 421 g/mol. The summed E-state index contributed by atoms with van der Waals surface area (Å²) < 4.78 is 5.08. The number of nitrogens with zero attached hydrogens (tertiary/aromatic N) is 4. The molecule has 0 spiro atoms. The standard InChI is InChI=1S/C21H36N6OS/c1-16-12-17(2)15-27(14-16)19-13-18(26-9-6-4-5-7-10-26)23-20(24-19)25-21(29)22-8-11-28-3/h13,16-17H,4-12,14-15H2,1-3H3,(H2,22,23,24,25,29). The van der Waals surface area contributed by atoms with Crippen molar-refractivity contribution in [1.82, 2.24) is 15.3 Å². The van der Waals surface area contributed by atoms with Gasteiger partial charge in [0.2, 0.25) is 5.95 Å². The molecule has 2 N–H and O–H groups in total. The zero-order chi connectivity index (χ0) is 20.6. The van der Waals surface area contributed by atoms with Gasteiger partial charge in [0.1, 0.15) is 11.6 Å². The lowest BCUT2D eigenvalue weighted by molar-refractivity contribution is 0.204. The summed E-state index contributed by atoms with van der Waals surface area (Å²) in [6, 6.07) is 2.17. The summed E-state index contributed by atoms with van der Waals surface area (Å²) in [6.07, 6.45) is 6.31. The number of hydrogen-bond donors (Lipinski definition) is 2. The summed E-state index contributed by atoms with van der Waals surface area (Å²) in [6.45, 7) is 10.1. The summed E-state index contributed by atoms with van der Waals surface area (Å²) >= 11 is 5.42. The van der Waals surface area contributed by atoms with Crippen LogP contribution in [0.3, 0.4) is 0 Å². The molecule has 2 saturated heterocycles. The molecule has 3 rings (SSSR count). The molecule has 0 aromatic carbocycles. The molecule has 162 valence electrons. The van der Waals surface area contributed by atoms with Crippen LogP contribution in [-0.4, -0.2) is 61.5 Å². The zero-order valence-corrected chi connectivity index (χ0v) is 18.9. The minimum absolute atomic E-state index is 0.529. The van der Waals surface area contributed by atoms with Crippen molar-refractivity contribution >= 4 is 34.9 Å². The van der Waals surface area contributed by atoms with E-state index in [1.807, 2.05) is 0 Å². The first-order chi connectivity index (χ1) is 14.0. The molecule has 7 nitrogen and oxygen atoms in total. The van der Waals surface area contributed by atoms with E-state index in [2.05, 4.69) is 40.3 Å². The first-order valence-corrected chi connectivity index (χ1v) is 11.4. The highest BCUT2D eigenvalue weighted by atomic mass is 32.1. The van der Waals surface area contributed by atoms with Crippen molar-refractivity contribution in [2.24, 2.45) is 11.8 Å². The van der Waals surface area contributed by atoms with Gasteiger partial charge in [-0.15, -0.1) is 0 Å². The number of thiocarbonyl (C=S) groups is 1. The number of rotatable bonds is 6. The van der Waals surface area contributed by atoms with Gasteiger partial charge in [0.25, 0.3) is 0 Å². The zero-order valence-electron chi connectivity index (χ0n) is 18.1. The second kappa shape index (κ2) is 10.9. The van der Waals surface area contributed by atoms with Crippen LogP contribution < -0.4 is 20.4 Å². The number of nitrogens with one attached hydrogen (secondary N) is 2. The highest BCUT2D eigenvalue weighted by Crippen LogP contribution is 2.29. The quantitative estimate of drug-likeness (QED) is 0.537. The summed E-state index contributed by atoms with van der Waals surface area (Å²) in [4.78, 5) is 14.5. The third-order valence-electron chi connectivity index (χ3n) is 5.64. The first kappa shape index (κ1) is 22.0. The van der Waals surface area contributed by atoms with Crippen molar-refractivity contribution in [3.05, 3.63) is 6.07 Å². The molecule has 1 aromatic heterocycles. The smallest absolute Gasteiger partial charge is 0.232 e. The van der Waals surface area contributed by atoms with E-state index in [0.717, 1.165) is 37.8 Å². The third kappa shape index (κ3) is 6.67. The van der Waals surface area contributed by atoms with E-state index in [1.165, 1.54) is 32.1 Å². The van der Waals surface area contributed by atoms with E-state index in [0.29, 0.717) is 36.0 Å². The minimum Gasteiger partial charge on any atom is -0.383 e. The van der Waals surface area contributed by atoms with Crippen LogP contribution in [0.5, 0.6) is 0 Å². The van der Waals surface area contributed by atoms with E-state index in [1.54, 1.807) is 7.11 Å². The van der Waals surface area contributed by atoms with Crippen molar-refractivity contribution in [1.29, 1.82) is 0 Å². The Kier molecular flexibility index (Phi) is 8.29. The molecular weight excluding hydrogens is 384 g/mol. The number of aromatic nitrogens is 2. The Morgan fingerprint density at radius 1 is 1.07 bits per heavy atom. The van der Waals surface area contributed by atoms with Gasteiger partial charge in [-0.2, -0.15) is 9.97 Å². The maximum absolute atomic E-state index is 5.42. The van der Waals surface area contributed by atoms with E-state index in [-0.39, 0.29) is 0 Å². The largest absolute Gasteiger partial charge is 0.383 e. The molecule has 8 heteroatoms. The molecular formula is C21H36N6OS. The van der Waals surface area contributed by atoms with Crippen LogP contribution in [0.25, 0.3) is 0 Å². The third-order valence-corrected chi connectivity index (χ3v) is 5.89. The van der Waals surface area contributed by atoms with Crippen LogP contribution >= 0.6 is 12.2 Å². The van der Waals surface area contributed by atoms with Crippen molar-refractivity contribution in [3.63, 3.8) is 0 Å². The summed E-state index contributed by atoms with van der Waals surface area (Å²) in [5, 5.41) is 6.86. The molecule has 0 radical (unpaired) electrons. The second-order valence-electron chi connectivity index (χ2n) is 8.53. The van der Waals surface area contributed by atoms with E-state index in [9.17, 15) is 0 Å². The minimum atomic E-state index is 0.529. The predicted molar refractivity (Wildman–Crippen MR) is 124 cm³/mol. The SMILES string of the molecule is COCCNC(=S)Nc1nc(N2CCCCCC2)cc(N2CC(C)CC(C)C2)n1. The second-order valence-corrected chi connectivity index (χ2v) is 8.94. The molecule has 2 fully saturated rings. The number of anilines is 3. The number of methoxy groups -OCH3 is 1. The molecule has 3 heterocycles. The molecule has 29 heavy (non-hydrogen) atoms. The maximum Gasteiger partial charge on any atom is 0.232 e. The highest BCUT2D eigenvalue weighted by Gasteiger charge is 2.24. The van der Waals surface area contributed by atoms with Crippen molar-refractivity contribution in [2.45, 2.75) is 46.0 Å². The maximum atomic E-state index is 5.42. The monoisotopic (exact) mass is 420 g/mol. The molecule has 2 aliphatic heterocycles. The average Bonchev–Trinajstić information content (AvgIpc) is 2.97. The highest BCUT2D eigenvalue weighted by molar-refractivity contribution is 7.80. The van der Waals surface area contributed by atoms with Crippen LogP contribution in [0, 0.1) is 11.8 Å². The fourth-order valence-corrected chi connectivity index (χ4v) is 4.56. The summed E-state index contributed by atoms with van der Waals surface area (Å²) in [7, 11) is 1.68. The van der Waals surface area contributed by atoms with Crippen molar-refractivity contribution in [2.75, 3.05) is 61.6 Å². The number of piperidine rings is 1. The molecule has 2 unspecified atom stereocenters. The van der Waals surface area contributed by atoms with Crippen LogP contribution in [-0.2, 0) is 4.74 Å². The van der Waals surface area contributed by atoms with Gasteiger partial charge in [-0.3, -0.25) is 0 Å². The van der Waals surface area contributed by atoms with E-state index < -0.39 is 0 Å². The Hall–Kier alpha value is -1.67. The van der Waals surface area contributed by atoms with Gasteiger partial charge < -0.3 is 25.2 Å². The number of hydrogen-bond acceptors (Lipinski definition) is 6. The Morgan fingerprint density at radius 3 is 2.31 bits per heavy atom. The van der Waals surface area contributed by atoms with Gasteiger partial charge in [-0.25, -0.2) is 0 Å². The normalized spacial score (nSPS) is 22.9. The molecule has 0 amide bonds. The number of ether oxygens (including phenoxy) is 1. The Morgan fingerprint density at radius 2 is 1.69 bits per heavy atom. The van der Waals surface area contributed by atoms with Crippen molar-refractivity contribution in [3.8, 4) is 0 Å². The molecule has 0 bridgehead atoms. The lowest BCUT2D eigenvalue weighted by Gasteiger charge is -2.36. The first-order valence-electron chi connectivity index (χ1n) is 11.0. The van der Waals surface area contributed by atoms with E-state index in [4.69, 9.17) is 26.9 Å². The van der Waals surface area contributed by atoms with Gasteiger partial charge in [-0.05, 0) is 43.3 Å². The van der Waals surface area contributed by atoms with Crippen molar-refractivity contribution < 1.29 is 4.74 Å². The van der Waals surface area contributed by atoms with Gasteiger partial charge in [-0.1, -0.05) is 26.7 Å². The molecule has 0 saturated carbocycles. The Balaban J connectivity index is 1.82. The fraction of sp³-hybridized carbons (Fsp3) is 0.762. The molecule has 2 aliphatic rings. The fourth-order valence-electron chi connectivity index (χ4n) is 4.36. The summed E-state index contributed by atoms with van der Waals surface area (Å²) in [5.41, 5.74) is 0.